The van der Waals surface area contributed by atoms with Crippen LogP contribution in [0, 0.1) is 6.92 Å². The molecule has 1 aromatic carbocycles. The van der Waals surface area contributed by atoms with E-state index in [1.807, 2.05) is 0 Å². The number of alkyl halides is 3. The van der Waals surface area contributed by atoms with Gasteiger partial charge in [0.15, 0.2) is 0 Å². The Bertz CT molecular complexity index is 1070. The highest BCUT2D eigenvalue weighted by Gasteiger charge is 2.31. The molecule has 12 heteroatoms. The van der Waals surface area contributed by atoms with Gasteiger partial charge in [0.05, 0.1) is 11.8 Å². The van der Waals surface area contributed by atoms with Gasteiger partial charge in [-0.1, -0.05) is 0 Å². The summed E-state index contributed by atoms with van der Waals surface area (Å²) in [5.41, 5.74) is 0.0937. The van der Waals surface area contributed by atoms with Crippen molar-refractivity contribution in [1.82, 2.24) is 30.4 Å². The van der Waals surface area contributed by atoms with E-state index >= 15 is 0 Å². The van der Waals surface area contributed by atoms with Crippen molar-refractivity contribution in [2.75, 3.05) is 0 Å². The number of nitrogens with zero attached hydrogens (tertiary/aromatic N) is 5. The third-order valence-corrected chi connectivity index (χ3v) is 3.75. The van der Waals surface area contributed by atoms with Crippen molar-refractivity contribution in [1.29, 1.82) is 0 Å². The van der Waals surface area contributed by atoms with E-state index in [2.05, 4.69) is 30.4 Å². The number of nitrogens with one attached hydrogen (secondary N) is 1. The van der Waals surface area contributed by atoms with Crippen LogP contribution in [0.1, 0.15) is 11.1 Å². The minimum absolute atomic E-state index is 0.0630. The van der Waals surface area contributed by atoms with E-state index in [-0.39, 0.29) is 22.5 Å². The number of halogens is 4. The summed E-state index contributed by atoms with van der Waals surface area (Å²) < 4.78 is 45.3. The molecule has 0 amide bonds. The van der Waals surface area contributed by atoms with E-state index in [9.17, 15) is 18.3 Å². The van der Waals surface area contributed by atoms with Crippen molar-refractivity contribution in [3.8, 4) is 28.8 Å². The Balaban J connectivity index is 2.17. The molecule has 8 nitrogen and oxygen atoms in total. The molecule has 0 unspecified atom stereocenters. The molecule has 0 saturated carbocycles. The molecule has 2 aromatic heterocycles. The second-order valence-electron chi connectivity index (χ2n) is 5.62. The van der Waals surface area contributed by atoms with Gasteiger partial charge >= 0.3 is 12.2 Å². The molecule has 3 rings (SSSR count). The van der Waals surface area contributed by atoms with Crippen molar-refractivity contribution < 1.29 is 23.0 Å². The summed E-state index contributed by atoms with van der Waals surface area (Å²) in [6, 6.07) is 3.97. The lowest BCUT2D eigenvalue weighted by atomic mass is 10.0. The largest absolute Gasteiger partial charge is 0.479 e. The number of hydrogen-bond acceptors (Lipinski definition) is 7. The highest BCUT2D eigenvalue weighted by Crippen LogP contribution is 2.38. The predicted octanol–water partition coefficient (Wildman–Crippen LogP) is 4.26. The fourth-order valence-electron chi connectivity index (χ4n) is 2.20. The molecule has 0 radical (unpaired) electrons. The molecule has 2 N–H and O–H groups in total. The Labute approximate surface area is 166 Å². The summed E-state index contributed by atoms with van der Waals surface area (Å²) in [4.78, 5) is 7.28. The molecule has 0 spiro atoms. The maximum Gasteiger partial charge on any atom is 0.416 e. The molecule has 150 valence electrons. The van der Waals surface area contributed by atoms with Gasteiger partial charge < -0.3 is 9.84 Å². The summed E-state index contributed by atoms with van der Waals surface area (Å²) in [6.45, 7) is 1.61. The average Bonchev–Trinajstić information content (AvgIpc) is 2.74. The minimum atomic E-state index is -4.59. The van der Waals surface area contributed by atoms with E-state index < -0.39 is 17.8 Å². The van der Waals surface area contributed by atoms with Gasteiger partial charge in [0.25, 0.3) is 0 Å². The minimum Gasteiger partial charge on any atom is -0.479 e. The number of ether oxygens (including phenoxy) is 1. The zero-order valence-corrected chi connectivity index (χ0v) is 15.4. The number of benzene rings is 1. The van der Waals surface area contributed by atoms with E-state index in [0.29, 0.717) is 11.1 Å². The van der Waals surface area contributed by atoms with E-state index in [1.165, 1.54) is 30.7 Å². The first kappa shape index (κ1) is 20.3. The summed E-state index contributed by atoms with van der Waals surface area (Å²) in [5.74, 6) is -0.223. The Morgan fingerprint density at radius 2 is 1.86 bits per heavy atom. The van der Waals surface area contributed by atoms with Crippen LogP contribution in [0.5, 0.6) is 17.6 Å². The number of aromatic hydroxyl groups is 1. The normalized spacial score (nSPS) is 11.1. The molecular weight excluding hydrogens is 413 g/mol. The fraction of sp³-hybridized carbons (Fsp3) is 0.118. The third-order valence-electron chi connectivity index (χ3n) is 3.59. The predicted molar refractivity (Wildman–Crippen MR) is 95.8 cm³/mol. The van der Waals surface area contributed by atoms with Crippen LogP contribution < -0.4 is 4.74 Å². The van der Waals surface area contributed by atoms with Crippen LogP contribution in [0.25, 0.3) is 11.1 Å². The molecule has 29 heavy (non-hydrogen) atoms. The first-order valence-electron chi connectivity index (χ1n) is 7.92. The Morgan fingerprint density at radius 3 is 2.55 bits per heavy atom. The van der Waals surface area contributed by atoms with Crippen LogP contribution in [0.15, 0.2) is 42.9 Å². The van der Waals surface area contributed by atoms with Crippen molar-refractivity contribution >= 4 is 11.6 Å². The molecule has 0 aliphatic carbocycles. The Morgan fingerprint density at radius 1 is 1.14 bits per heavy atom. The van der Waals surface area contributed by atoms with Gasteiger partial charge in [0.1, 0.15) is 5.75 Å². The summed E-state index contributed by atoms with van der Waals surface area (Å²) in [7, 11) is 0. The second-order valence-corrected chi connectivity index (χ2v) is 5.97. The maximum atomic E-state index is 13.2. The van der Waals surface area contributed by atoms with Gasteiger partial charge in [-0.25, -0.2) is 15.1 Å². The number of rotatable bonds is 3. The van der Waals surface area contributed by atoms with Crippen LogP contribution in [-0.2, 0) is 6.18 Å². The van der Waals surface area contributed by atoms with E-state index in [0.717, 1.165) is 12.1 Å². The van der Waals surface area contributed by atoms with Crippen LogP contribution in [0.4, 0.5) is 13.2 Å². The van der Waals surface area contributed by atoms with Crippen LogP contribution in [0.3, 0.4) is 0 Å². The van der Waals surface area contributed by atoms with Crippen molar-refractivity contribution in [2.24, 2.45) is 0 Å². The third kappa shape index (κ3) is 5.08. The van der Waals surface area contributed by atoms with Crippen molar-refractivity contribution in [2.45, 2.75) is 13.1 Å². The van der Waals surface area contributed by atoms with Crippen molar-refractivity contribution in [3.63, 3.8) is 0 Å². The molecule has 0 aliphatic rings. The lowest BCUT2D eigenvalue weighted by molar-refractivity contribution is -0.137. The number of aromatic amines is 1. The van der Waals surface area contributed by atoms with Gasteiger partial charge in [0, 0.05) is 29.1 Å². The monoisotopic (exact) mass is 424 g/mol. The average molecular weight is 425 g/mol. The van der Waals surface area contributed by atoms with E-state index in [4.69, 9.17) is 16.3 Å². The van der Waals surface area contributed by atoms with Crippen LogP contribution in [-0.4, -0.2) is 35.5 Å². The number of aromatic nitrogens is 6. The molecule has 0 bridgehead atoms. The second kappa shape index (κ2) is 8.27. The first-order valence-corrected chi connectivity index (χ1v) is 8.30. The smallest absolute Gasteiger partial charge is 0.416 e. The molecule has 0 aliphatic heterocycles. The topological polar surface area (TPSA) is 110 Å². The Kier molecular flexibility index (Phi) is 5.78. The van der Waals surface area contributed by atoms with Gasteiger partial charge in [-0.2, -0.15) is 18.3 Å². The molecule has 0 saturated heterocycles. The van der Waals surface area contributed by atoms with Crippen molar-refractivity contribution in [3.05, 3.63) is 59.3 Å². The zero-order chi connectivity index (χ0) is 21.0. The number of H-pyrrole nitrogens is 1. The summed E-state index contributed by atoms with van der Waals surface area (Å²) in [5, 5.41) is 22.6. The van der Waals surface area contributed by atoms with Crippen LogP contribution >= 0.6 is 11.6 Å². The SMILES string of the molecule is Cc1ccnnc(Cl)[nH]nc1Oc1cc(C(F)(F)F)ccc1-c1cnc(O)nc1. The van der Waals surface area contributed by atoms with Gasteiger partial charge in [-0.3, -0.25) is 0 Å². The Hall–Kier alpha value is -3.47. The number of hydrogen-bond donors (Lipinski definition) is 2. The lowest BCUT2D eigenvalue weighted by Crippen LogP contribution is -2.05. The van der Waals surface area contributed by atoms with Crippen LogP contribution in [0.2, 0.25) is 5.28 Å². The standard InChI is InChI=1S/C17H12ClF3N6O2/c1-9-4-5-24-26-15(18)27-25-14(9)29-13-6-11(17(19,20)21)2-3-12(13)10-7-22-16(28)23-8-10/h2-8H,1H3,(H,26,27)(H,22,23,28). The quantitative estimate of drug-likeness (QED) is 0.646. The van der Waals surface area contributed by atoms with Gasteiger partial charge in [-0.15, -0.1) is 10.2 Å². The molecule has 2 heterocycles. The maximum absolute atomic E-state index is 13.2. The number of aryl methyl sites for hydroxylation is 1. The van der Waals surface area contributed by atoms with Gasteiger partial charge in [0.2, 0.25) is 11.2 Å². The lowest BCUT2D eigenvalue weighted by Gasteiger charge is -2.14. The molecule has 3 aromatic rings. The summed E-state index contributed by atoms with van der Waals surface area (Å²) >= 11 is 5.76. The fourth-order valence-corrected chi connectivity index (χ4v) is 2.28. The summed E-state index contributed by atoms with van der Waals surface area (Å²) in [6.07, 6.45) is -0.766. The van der Waals surface area contributed by atoms with E-state index in [1.54, 1.807) is 6.92 Å². The first-order chi connectivity index (χ1) is 13.7. The molecule has 0 fully saturated rings. The molecular formula is C17H12ClF3N6O2. The highest BCUT2D eigenvalue weighted by molar-refractivity contribution is 6.28. The van der Waals surface area contributed by atoms with Gasteiger partial charge in [-0.05, 0) is 42.8 Å². The highest BCUT2D eigenvalue weighted by atomic mass is 35.5. The zero-order valence-electron chi connectivity index (χ0n) is 14.6. The molecule has 0 atom stereocenters.